The molecule has 2 aromatic rings. The topological polar surface area (TPSA) is 48.5 Å². The average molecular weight is 296 g/mol. The number of aryl methyl sites for hydroxylation is 1. The van der Waals surface area contributed by atoms with E-state index in [1.165, 1.54) is 0 Å². The molecule has 2 aromatic heterocycles. The van der Waals surface area contributed by atoms with Crippen LogP contribution in [0.1, 0.15) is 48.9 Å². The van der Waals surface area contributed by atoms with Crippen LogP contribution in [0.3, 0.4) is 0 Å². The molecule has 0 bridgehead atoms. The van der Waals surface area contributed by atoms with Gasteiger partial charge in [-0.2, -0.15) is 10.2 Å². The molecular formula is C14H22ClN5. The molecule has 0 radical (unpaired) electrons. The maximum Gasteiger partial charge on any atom is 0.148 e. The van der Waals surface area contributed by atoms with Crippen LogP contribution in [0.4, 0.5) is 0 Å². The molecule has 0 aliphatic carbocycles. The lowest BCUT2D eigenvalue weighted by Gasteiger charge is -2.10. The molecule has 0 amide bonds. The molecule has 0 aromatic carbocycles. The SMILES string of the molecule is Cc1nn(Cc2ncnn2CC(C)C)c(C)c1C(C)Cl. The number of hydrogen-bond donors (Lipinski definition) is 0. The van der Waals surface area contributed by atoms with E-state index in [4.69, 9.17) is 11.6 Å². The first-order valence-electron chi connectivity index (χ1n) is 6.94. The van der Waals surface area contributed by atoms with Crippen molar-refractivity contribution in [3.05, 3.63) is 29.1 Å². The first kappa shape index (κ1) is 15.0. The van der Waals surface area contributed by atoms with Gasteiger partial charge in [-0.25, -0.2) is 9.67 Å². The zero-order valence-corrected chi connectivity index (χ0v) is 13.5. The minimum atomic E-state index is -0.0303. The average Bonchev–Trinajstić information content (AvgIpc) is 2.85. The molecule has 0 saturated carbocycles. The molecule has 2 heterocycles. The lowest BCUT2D eigenvalue weighted by Crippen LogP contribution is -2.14. The molecule has 0 saturated heterocycles. The van der Waals surface area contributed by atoms with Crippen LogP contribution >= 0.6 is 11.6 Å². The summed E-state index contributed by atoms with van der Waals surface area (Å²) in [5.41, 5.74) is 3.20. The fraction of sp³-hybridized carbons (Fsp3) is 0.643. The van der Waals surface area contributed by atoms with Gasteiger partial charge in [-0.1, -0.05) is 13.8 Å². The molecule has 1 atom stereocenters. The molecule has 2 rings (SSSR count). The van der Waals surface area contributed by atoms with Gasteiger partial charge in [0.15, 0.2) is 0 Å². The van der Waals surface area contributed by atoms with Crippen LogP contribution in [0.25, 0.3) is 0 Å². The first-order chi connectivity index (χ1) is 9.40. The van der Waals surface area contributed by atoms with Crippen LogP contribution in [0.2, 0.25) is 0 Å². The van der Waals surface area contributed by atoms with Crippen LogP contribution in [0, 0.1) is 19.8 Å². The Labute approximate surface area is 125 Å². The van der Waals surface area contributed by atoms with E-state index in [0.717, 1.165) is 29.3 Å². The van der Waals surface area contributed by atoms with E-state index in [-0.39, 0.29) is 5.38 Å². The number of alkyl halides is 1. The van der Waals surface area contributed by atoms with Crippen molar-refractivity contribution >= 4 is 11.6 Å². The van der Waals surface area contributed by atoms with Crippen LogP contribution in [0.15, 0.2) is 6.33 Å². The number of rotatable bonds is 5. The van der Waals surface area contributed by atoms with Crippen molar-refractivity contribution in [2.24, 2.45) is 5.92 Å². The maximum atomic E-state index is 6.22. The Kier molecular flexibility index (Phi) is 4.48. The van der Waals surface area contributed by atoms with E-state index in [9.17, 15) is 0 Å². The second-order valence-corrected chi connectivity index (χ2v) is 6.27. The zero-order valence-electron chi connectivity index (χ0n) is 12.8. The van der Waals surface area contributed by atoms with Crippen molar-refractivity contribution in [2.75, 3.05) is 0 Å². The summed E-state index contributed by atoms with van der Waals surface area (Å²) >= 11 is 6.22. The Bertz CT molecular complexity index is 582. The molecule has 0 N–H and O–H groups in total. The highest BCUT2D eigenvalue weighted by molar-refractivity contribution is 6.20. The molecule has 5 nitrogen and oxygen atoms in total. The van der Waals surface area contributed by atoms with Gasteiger partial charge in [0.2, 0.25) is 0 Å². The zero-order chi connectivity index (χ0) is 14.9. The number of hydrogen-bond acceptors (Lipinski definition) is 3. The Morgan fingerprint density at radius 3 is 2.45 bits per heavy atom. The smallest absolute Gasteiger partial charge is 0.148 e. The summed E-state index contributed by atoms with van der Waals surface area (Å²) in [6.07, 6.45) is 1.61. The summed E-state index contributed by atoms with van der Waals surface area (Å²) in [6.45, 7) is 11.9. The quantitative estimate of drug-likeness (QED) is 0.796. The van der Waals surface area contributed by atoms with Crippen molar-refractivity contribution in [1.82, 2.24) is 24.5 Å². The van der Waals surface area contributed by atoms with Gasteiger partial charge in [0.25, 0.3) is 0 Å². The highest BCUT2D eigenvalue weighted by Crippen LogP contribution is 2.26. The molecule has 1 unspecified atom stereocenters. The summed E-state index contributed by atoms with van der Waals surface area (Å²) in [5.74, 6) is 1.47. The molecule has 0 aliphatic heterocycles. The van der Waals surface area contributed by atoms with E-state index in [1.807, 2.05) is 23.2 Å². The fourth-order valence-corrected chi connectivity index (χ4v) is 2.80. The highest BCUT2D eigenvalue weighted by Gasteiger charge is 2.17. The highest BCUT2D eigenvalue weighted by atomic mass is 35.5. The van der Waals surface area contributed by atoms with E-state index in [2.05, 4.69) is 36.0 Å². The molecular weight excluding hydrogens is 274 g/mol. The van der Waals surface area contributed by atoms with Gasteiger partial charge in [0, 0.05) is 17.8 Å². The van der Waals surface area contributed by atoms with E-state index in [0.29, 0.717) is 12.5 Å². The summed E-state index contributed by atoms with van der Waals surface area (Å²) in [4.78, 5) is 4.35. The maximum absolute atomic E-state index is 6.22. The van der Waals surface area contributed by atoms with Crippen molar-refractivity contribution < 1.29 is 0 Å². The van der Waals surface area contributed by atoms with Crippen LogP contribution in [-0.2, 0) is 13.1 Å². The van der Waals surface area contributed by atoms with Crippen molar-refractivity contribution in [1.29, 1.82) is 0 Å². The van der Waals surface area contributed by atoms with Crippen LogP contribution < -0.4 is 0 Å². The standard InChI is InChI=1S/C14H22ClN5/c1-9(2)6-20-13(16-8-17-20)7-19-12(5)14(10(3)15)11(4)18-19/h8-10H,6-7H2,1-5H3. The molecule has 6 heteroatoms. The normalized spacial score (nSPS) is 13.2. The van der Waals surface area contributed by atoms with Crippen LogP contribution in [-0.4, -0.2) is 24.5 Å². The third-order valence-electron chi connectivity index (χ3n) is 3.36. The predicted molar refractivity (Wildman–Crippen MR) is 79.9 cm³/mol. The monoisotopic (exact) mass is 295 g/mol. The molecule has 0 spiro atoms. The van der Waals surface area contributed by atoms with Gasteiger partial charge in [0.05, 0.1) is 11.1 Å². The molecule has 20 heavy (non-hydrogen) atoms. The van der Waals surface area contributed by atoms with E-state index < -0.39 is 0 Å². The third kappa shape index (κ3) is 3.03. The van der Waals surface area contributed by atoms with Crippen LogP contribution in [0.5, 0.6) is 0 Å². The van der Waals surface area contributed by atoms with Crippen molar-refractivity contribution in [3.8, 4) is 0 Å². The van der Waals surface area contributed by atoms with E-state index in [1.54, 1.807) is 6.33 Å². The Morgan fingerprint density at radius 2 is 1.90 bits per heavy atom. The van der Waals surface area contributed by atoms with Gasteiger partial charge >= 0.3 is 0 Å². The molecule has 0 fully saturated rings. The Hall–Kier alpha value is -1.36. The second-order valence-electron chi connectivity index (χ2n) is 5.61. The molecule has 0 aliphatic rings. The van der Waals surface area contributed by atoms with Crippen molar-refractivity contribution in [3.63, 3.8) is 0 Å². The summed E-state index contributed by atoms with van der Waals surface area (Å²) in [7, 11) is 0. The predicted octanol–water partition coefficient (Wildman–Crippen LogP) is 3.10. The van der Waals surface area contributed by atoms with Gasteiger partial charge in [-0.15, -0.1) is 11.6 Å². The summed E-state index contributed by atoms with van der Waals surface area (Å²) < 4.78 is 3.91. The van der Waals surface area contributed by atoms with Gasteiger partial charge in [-0.05, 0) is 26.7 Å². The van der Waals surface area contributed by atoms with Crippen molar-refractivity contribution in [2.45, 2.75) is 53.1 Å². The second kappa shape index (κ2) is 5.95. The number of halogens is 1. The summed E-state index contributed by atoms with van der Waals surface area (Å²) in [6, 6.07) is 0. The lowest BCUT2D eigenvalue weighted by molar-refractivity contribution is 0.455. The number of aromatic nitrogens is 5. The largest absolute Gasteiger partial charge is 0.262 e. The van der Waals surface area contributed by atoms with Gasteiger partial charge in [-0.3, -0.25) is 4.68 Å². The minimum absolute atomic E-state index is 0.0303. The Balaban J connectivity index is 2.27. The fourth-order valence-electron chi connectivity index (χ4n) is 2.48. The third-order valence-corrected chi connectivity index (χ3v) is 3.58. The minimum Gasteiger partial charge on any atom is -0.262 e. The first-order valence-corrected chi connectivity index (χ1v) is 7.38. The summed E-state index contributed by atoms with van der Waals surface area (Å²) in [5, 5.41) is 8.83. The van der Waals surface area contributed by atoms with E-state index >= 15 is 0 Å². The number of nitrogens with zero attached hydrogens (tertiary/aromatic N) is 5. The lowest BCUT2D eigenvalue weighted by atomic mass is 10.1. The van der Waals surface area contributed by atoms with Gasteiger partial charge < -0.3 is 0 Å². The van der Waals surface area contributed by atoms with Gasteiger partial charge in [0.1, 0.15) is 18.7 Å². The molecule has 110 valence electrons. The Morgan fingerprint density at radius 1 is 1.20 bits per heavy atom.